The monoisotopic (exact) mass is 333 g/mol. The highest BCUT2D eigenvalue weighted by molar-refractivity contribution is 7.08. The van der Waals surface area contributed by atoms with Crippen LogP contribution in [0.3, 0.4) is 0 Å². The topological polar surface area (TPSA) is 75.6 Å². The van der Waals surface area contributed by atoms with E-state index in [1.165, 1.54) is 11.3 Å². The van der Waals surface area contributed by atoms with Gasteiger partial charge in [0.1, 0.15) is 5.75 Å². The van der Waals surface area contributed by atoms with Gasteiger partial charge in [0.15, 0.2) is 0 Å². The second-order valence-corrected chi connectivity index (χ2v) is 6.27. The summed E-state index contributed by atoms with van der Waals surface area (Å²) < 4.78 is 5.19. The Balaban J connectivity index is 2.23. The van der Waals surface area contributed by atoms with Crippen LogP contribution in [0.4, 0.5) is 0 Å². The number of rotatable bonds is 7. The van der Waals surface area contributed by atoms with Gasteiger partial charge in [-0.05, 0) is 47.0 Å². The molecule has 0 aliphatic carbocycles. The van der Waals surface area contributed by atoms with Crippen LogP contribution in [-0.2, 0) is 21.5 Å². The maximum absolute atomic E-state index is 12.3. The van der Waals surface area contributed by atoms with Gasteiger partial charge in [0, 0.05) is 0 Å². The normalized spacial score (nSPS) is 13.1. The lowest BCUT2D eigenvalue weighted by Gasteiger charge is -2.30. The average Bonchev–Trinajstić information content (AvgIpc) is 2.99. The maximum Gasteiger partial charge on any atom is 0.306 e. The molecule has 122 valence electrons. The van der Waals surface area contributed by atoms with Crippen molar-refractivity contribution in [3.8, 4) is 5.75 Å². The average molecular weight is 333 g/mol. The predicted molar refractivity (Wildman–Crippen MR) is 88.8 cm³/mol. The lowest BCUT2D eigenvalue weighted by molar-refractivity contribution is -0.139. The van der Waals surface area contributed by atoms with E-state index in [4.69, 9.17) is 4.74 Å². The van der Waals surface area contributed by atoms with Crippen LogP contribution in [0, 0.1) is 0 Å². The molecule has 2 N–H and O–H groups in total. The third kappa shape index (κ3) is 4.56. The number of benzene rings is 1. The zero-order valence-electron chi connectivity index (χ0n) is 13.0. The van der Waals surface area contributed by atoms with Crippen LogP contribution in [0.25, 0.3) is 0 Å². The lowest BCUT2D eigenvalue weighted by Crippen LogP contribution is -2.45. The quantitative estimate of drug-likeness (QED) is 0.817. The highest BCUT2D eigenvalue weighted by Crippen LogP contribution is 2.28. The van der Waals surface area contributed by atoms with Gasteiger partial charge in [-0.1, -0.05) is 12.1 Å². The summed E-state index contributed by atoms with van der Waals surface area (Å²) in [5, 5.41) is 15.9. The van der Waals surface area contributed by atoms with Crippen molar-refractivity contribution in [2.75, 3.05) is 7.11 Å². The number of hydrogen-bond acceptors (Lipinski definition) is 4. The van der Waals surface area contributed by atoms with E-state index in [1.807, 2.05) is 16.8 Å². The fraction of sp³-hybridized carbons (Fsp3) is 0.294. The molecule has 0 aliphatic rings. The molecule has 1 heterocycles. The van der Waals surface area contributed by atoms with Crippen molar-refractivity contribution >= 4 is 23.2 Å². The summed E-state index contributed by atoms with van der Waals surface area (Å²) in [6, 6.07) is 8.96. The highest BCUT2D eigenvalue weighted by atomic mass is 32.1. The molecular formula is C17H19NO4S. The first-order valence-electron chi connectivity index (χ1n) is 7.11. The Morgan fingerprint density at radius 2 is 2.13 bits per heavy atom. The largest absolute Gasteiger partial charge is 0.497 e. The van der Waals surface area contributed by atoms with E-state index >= 15 is 0 Å². The molecule has 23 heavy (non-hydrogen) atoms. The maximum atomic E-state index is 12.3. The highest BCUT2D eigenvalue weighted by Gasteiger charge is 2.31. The van der Waals surface area contributed by atoms with Gasteiger partial charge < -0.3 is 15.2 Å². The first-order chi connectivity index (χ1) is 10.9. The predicted octanol–water partition coefficient (Wildman–Crippen LogP) is 2.81. The van der Waals surface area contributed by atoms with Crippen LogP contribution in [-0.4, -0.2) is 24.1 Å². The van der Waals surface area contributed by atoms with Gasteiger partial charge >= 0.3 is 5.97 Å². The van der Waals surface area contributed by atoms with Gasteiger partial charge in [0.05, 0.1) is 25.5 Å². The minimum Gasteiger partial charge on any atom is -0.497 e. The molecule has 2 rings (SSSR count). The first kappa shape index (κ1) is 17.0. The molecule has 0 saturated carbocycles. The number of amides is 1. The molecule has 1 unspecified atom stereocenters. The van der Waals surface area contributed by atoms with E-state index in [1.54, 1.807) is 38.3 Å². The fourth-order valence-corrected chi connectivity index (χ4v) is 3.09. The third-order valence-corrected chi connectivity index (χ3v) is 4.30. The van der Waals surface area contributed by atoms with Crippen LogP contribution in [0.5, 0.6) is 5.75 Å². The van der Waals surface area contributed by atoms with Crippen molar-refractivity contribution in [1.29, 1.82) is 0 Å². The van der Waals surface area contributed by atoms with Crippen LogP contribution >= 0.6 is 11.3 Å². The van der Waals surface area contributed by atoms with Crippen molar-refractivity contribution in [2.45, 2.75) is 25.3 Å². The molecule has 1 amide bonds. The van der Waals surface area contributed by atoms with Gasteiger partial charge in [-0.3, -0.25) is 9.59 Å². The van der Waals surface area contributed by atoms with E-state index in [0.29, 0.717) is 11.3 Å². The van der Waals surface area contributed by atoms with Crippen molar-refractivity contribution in [3.05, 3.63) is 52.2 Å². The van der Waals surface area contributed by atoms with Crippen molar-refractivity contribution in [1.82, 2.24) is 5.32 Å². The van der Waals surface area contributed by atoms with E-state index in [2.05, 4.69) is 5.32 Å². The number of carbonyl (C=O) groups excluding carboxylic acids is 1. The SMILES string of the molecule is COc1cccc(C(C)(CC(=O)O)NC(=O)Cc2ccsc2)c1. The molecule has 1 aromatic heterocycles. The number of carbonyl (C=O) groups is 2. The number of nitrogens with one attached hydrogen (secondary N) is 1. The third-order valence-electron chi connectivity index (χ3n) is 3.57. The zero-order valence-corrected chi connectivity index (χ0v) is 13.9. The molecule has 6 heteroatoms. The summed E-state index contributed by atoms with van der Waals surface area (Å²) in [6.07, 6.45) is 0.0121. The van der Waals surface area contributed by atoms with Gasteiger partial charge in [0.25, 0.3) is 0 Å². The van der Waals surface area contributed by atoms with Gasteiger partial charge in [-0.15, -0.1) is 0 Å². The smallest absolute Gasteiger partial charge is 0.306 e. The summed E-state index contributed by atoms with van der Waals surface area (Å²) in [4.78, 5) is 23.6. The Morgan fingerprint density at radius 1 is 1.35 bits per heavy atom. The summed E-state index contributed by atoms with van der Waals surface area (Å²) >= 11 is 1.52. The Hall–Kier alpha value is -2.34. The van der Waals surface area contributed by atoms with E-state index < -0.39 is 11.5 Å². The molecule has 0 aliphatic heterocycles. The Bertz CT molecular complexity index is 684. The fourth-order valence-electron chi connectivity index (χ4n) is 2.42. The van der Waals surface area contributed by atoms with Crippen molar-refractivity contribution < 1.29 is 19.4 Å². The molecule has 0 radical (unpaired) electrons. The van der Waals surface area contributed by atoms with Crippen LogP contribution < -0.4 is 10.1 Å². The van der Waals surface area contributed by atoms with Gasteiger partial charge in [-0.2, -0.15) is 11.3 Å². The standard InChI is InChI=1S/C17H19NO4S/c1-17(10-16(20)21,13-4-3-5-14(9-13)22-2)18-15(19)8-12-6-7-23-11-12/h3-7,9,11H,8,10H2,1-2H3,(H,18,19)(H,20,21). The Kier molecular flexibility index (Phi) is 5.39. The second-order valence-electron chi connectivity index (χ2n) is 5.49. The number of methoxy groups -OCH3 is 1. The van der Waals surface area contributed by atoms with Gasteiger partial charge in [-0.25, -0.2) is 0 Å². The van der Waals surface area contributed by atoms with E-state index in [-0.39, 0.29) is 18.7 Å². The van der Waals surface area contributed by atoms with Crippen molar-refractivity contribution in [2.24, 2.45) is 0 Å². The minimum atomic E-state index is -1.01. The molecule has 0 spiro atoms. The van der Waals surface area contributed by atoms with E-state index in [9.17, 15) is 14.7 Å². The molecule has 2 aromatic rings. The summed E-state index contributed by atoms with van der Waals surface area (Å²) in [5.41, 5.74) is 0.599. The first-order valence-corrected chi connectivity index (χ1v) is 8.05. The number of hydrogen-bond donors (Lipinski definition) is 2. The molecule has 1 aromatic carbocycles. The molecule has 1 atom stereocenters. The minimum absolute atomic E-state index is 0.213. The van der Waals surface area contributed by atoms with Crippen molar-refractivity contribution in [3.63, 3.8) is 0 Å². The second kappa shape index (κ2) is 7.28. The molecule has 0 fully saturated rings. The molecule has 0 bridgehead atoms. The summed E-state index contributed by atoms with van der Waals surface area (Å²) in [7, 11) is 1.54. The number of ether oxygens (including phenoxy) is 1. The van der Waals surface area contributed by atoms with Gasteiger partial charge in [0.2, 0.25) is 5.91 Å². The zero-order chi connectivity index (χ0) is 16.9. The van der Waals surface area contributed by atoms with Crippen LogP contribution in [0.1, 0.15) is 24.5 Å². The summed E-state index contributed by atoms with van der Waals surface area (Å²) in [6.45, 7) is 1.71. The molecular weight excluding hydrogens is 314 g/mol. The number of carboxylic acid groups (broad SMARTS) is 1. The molecule has 5 nitrogen and oxygen atoms in total. The summed E-state index contributed by atoms with van der Waals surface area (Å²) in [5.74, 6) is -0.577. The molecule has 0 saturated heterocycles. The van der Waals surface area contributed by atoms with Crippen LogP contribution in [0.2, 0.25) is 0 Å². The lowest BCUT2D eigenvalue weighted by atomic mass is 9.88. The number of carboxylic acids is 1. The Morgan fingerprint density at radius 3 is 2.74 bits per heavy atom. The number of aliphatic carboxylic acids is 1. The van der Waals surface area contributed by atoms with E-state index in [0.717, 1.165) is 5.56 Å². The Labute approximate surface area is 138 Å². The number of thiophene rings is 1. The van der Waals surface area contributed by atoms with Crippen LogP contribution in [0.15, 0.2) is 41.1 Å².